The van der Waals surface area contributed by atoms with Gasteiger partial charge in [-0.1, -0.05) is 11.6 Å². The molecule has 1 radical (unpaired) electrons. The summed E-state index contributed by atoms with van der Waals surface area (Å²) < 4.78 is 0. The predicted octanol–water partition coefficient (Wildman–Crippen LogP) is 2.00. The summed E-state index contributed by atoms with van der Waals surface area (Å²) in [5, 5.41) is 0.169. The van der Waals surface area contributed by atoms with Gasteiger partial charge in [-0.3, -0.25) is 4.79 Å². The minimum absolute atomic E-state index is 0.169. The molecule has 0 aromatic heterocycles. The van der Waals surface area contributed by atoms with Gasteiger partial charge in [-0.15, -0.1) is 11.8 Å². The van der Waals surface area contributed by atoms with Crippen LogP contribution in [0.15, 0.2) is 27.2 Å². The first-order chi connectivity index (χ1) is 6.22. The van der Waals surface area contributed by atoms with Crippen LogP contribution >= 0.6 is 23.4 Å². The smallest absolute Gasteiger partial charge is 0.235 e. The molecule has 0 saturated heterocycles. The molecule has 0 aromatic rings. The summed E-state index contributed by atoms with van der Waals surface area (Å²) in [5.74, 6) is 1.73. The molecule has 0 heterocycles. The van der Waals surface area contributed by atoms with E-state index in [4.69, 9.17) is 11.6 Å². The number of thioether (sulfide) groups is 1. The highest BCUT2D eigenvalue weighted by atomic mass is 35.5. The third-order valence-electron chi connectivity index (χ3n) is 1.65. The van der Waals surface area contributed by atoms with Crippen molar-refractivity contribution in [3.8, 4) is 0 Å². The van der Waals surface area contributed by atoms with Crippen molar-refractivity contribution < 1.29 is 9.59 Å². The SMILES string of the molecule is CSC1=CC([C]=O)=C(Cl)C(=C=O)C1. The van der Waals surface area contributed by atoms with E-state index in [1.54, 1.807) is 18.3 Å². The van der Waals surface area contributed by atoms with Crippen LogP contribution in [0.2, 0.25) is 0 Å². The zero-order valence-electron chi connectivity index (χ0n) is 6.89. The monoisotopic (exact) mass is 213 g/mol. The van der Waals surface area contributed by atoms with Crippen molar-refractivity contribution in [1.82, 2.24) is 0 Å². The lowest BCUT2D eigenvalue weighted by molar-refractivity contribution is 0.562. The van der Waals surface area contributed by atoms with Crippen LogP contribution in [0, 0.1) is 0 Å². The van der Waals surface area contributed by atoms with Gasteiger partial charge in [-0.25, -0.2) is 4.79 Å². The fourth-order valence-electron chi connectivity index (χ4n) is 0.976. The first-order valence-electron chi connectivity index (χ1n) is 3.49. The highest BCUT2D eigenvalue weighted by Gasteiger charge is 2.17. The molecule has 0 aliphatic heterocycles. The van der Waals surface area contributed by atoms with Crippen LogP contribution in [0.25, 0.3) is 0 Å². The van der Waals surface area contributed by atoms with E-state index >= 15 is 0 Å². The summed E-state index contributed by atoms with van der Waals surface area (Å²) in [7, 11) is 0. The summed E-state index contributed by atoms with van der Waals surface area (Å²) in [6.45, 7) is 0. The van der Waals surface area contributed by atoms with E-state index in [9.17, 15) is 9.59 Å². The Morgan fingerprint density at radius 3 is 2.69 bits per heavy atom. The van der Waals surface area contributed by atoms with E-state index in [1.165, 1.54) is 11.8 Å². The molecule has 0 fully saturated rings. The van der Waals surface area contributed by atoms with Gasteiger partial charge in [0.1, 0.15) is 5.94 Å². The average Bonchev–Trinajstić information content (AvgIpc) is 2.18. The van der Waals surface area contributed by atoms with Gasteiger partial charge >= 0.3 is 0 Å². The Balaban J connectivity index is 3.19. The maximum Gasteiger partial charge on any atom is 0.235 e. The van der Waals surface area contributed by atoms with Gasteiger partial charge in [-0.05, 0) is 17.2 Å². The highest BCUT2D eigenvalue weighted by molar-refractivity contribution is 8.02. The van der Waals surface area contributed by atoms with E-state index in [0.29, 0.717) is 12.0 Å². The summed E-state index contributed by atoms with van der Waals surface area (Å²) in [6, 6.07) is 0. The molecule has 1 rings (SSSR count). The average molecular weight is 214 g/mol. The second kappa shape index (κ2) is 4.47. The largest absolute Gasteiger partial charge is 0.285 e. The van der Waals surface area contributed by atoms with Crippen molar-refractivity contribution in [3.63, 3.8) is 0 Å². The van der Waals surface area contributed by atoms with Gasteiger partial charge in [0.15, 0.2) is 0 Å². The summed E-state index contributed by atoms with van der Waals surface area (Å²) >= 11 is 7.21. The number of rotatable bonds is 2. The van der Waals surface area contributed by atoms with Crippen molar-refractivity contribution in [2.24, 2.45) is 0 Å². The standard InChI is InChI=1S/C9H6ClO2S/c1-13-8-2-6(4-11)9(10)7(3-8)5-12/h2H,3H2,1H3. The van der Waals surface area contributed by atoms with Crippen molar-refractivity contribution in [2.45, 2.75) is 6.42 Å². The highest BCUT2D eigenvalue weighted by Crippen LogP contribution is 2.33. The van der Waals surface area contributed by atoms with E-state index in [2.05, 4.69) is 0 Å². The molecule has 0 spiro atoms. The molecular formula is C9H6ClO2S. The third-order valence-corrected chi connectivity index (χ3v) is 2.87. The Hall–Kier alpha value is -0.760. The topological polar surface area (TPSA) is 34.1 Å². The normalized spacial score (nSPS) is 16.8. The van der Waals surface area contributed by atoms with Crippen LogP contribution in [0.1, 0.15) is 6.42 Å². The van der Waals surface area contributed by atoms with Crippen LogP contribution in [0.5, 0.6) is 0 Å². The van der Waals surface area contributed by atoms with Crippen LogP contribution in [0.4, 0.5) is 0 Å². The Morgan fingerprint density at radius 2 is 2.23 bits per heavy atom. The first kappa shape index (κ1) is 10.3. The van der Waals surface area contributed by atoms with Gasteiger partial charge in [0.2, 0.25) is 6.29 Å². The molecule has 0 N–H and O–H groups in total. The Morgan fingerprint density at radius 1 is 1.54 bits per heavy atom. The van der Waals surface area contributed by atoms with Gasteiger partial charge < -0.3 is 0 Å². The van der Waals surface area contributed by atoms with Gasteiger partial charge in [0.05, 0.1) is 10.6 Å². The quantitative estimate of drug-likeness (QED) is 0.658. The lowest BCUT2D eigenvalue weighted by Crippen LogP contribution is -1.99. The van der Waals surface area contributed by atoms with Gasteiger partial charge in [-0.2, -0.15) is 0 Å². The molecule has 0 amide bonds. The number of hydrogen-bond acceptors (Lipinski definition) is 3. The second-order valence-electron chi connectivity index (χ2n) is 2.40. The van der Waals surface area contributed by atoms with Crippen molar-refractivity contribution >= 4 is 35.6 Å². The van der Waals surface area contributed by atoms with Crippen molar-refractivity contribution in [2.75, 3.05) is 6.26 Å². The molecule has 1 aliphatic rings. The van der Waals surface area contributed by atoms with Gasteiger partial charge in [0.25, 0.3) is 0 Å². The summed E-state index contributed by atoms with van der Waals surface area (Å²) in [4.78, 5) is 21.8. The maximum atomic E-state index is 10.4. The number of carbonyl (C=O) groups excluding carboxylic acids is 2. The number of halogens is 1. The molecule has 0 aromatic carbocycles. The molecule has 1 aliphatic carbocycles. The lowest BCUT2D eigenvalue weighted by atomic mass is 10.0. The second-order valence-corrected chi connectivity index (χ2v) is 3.71. The molecular weight excluding hydrogens is 208 g/mol. The van der Waals surface area contributed by atoms with Crippen LogP contribution in [-0.2, 0) is 9.59 Å². The lowest BCUT2D eigenvalue weighted by Gasteiger charge is -2.11. The fraction of sp³-hybridized carbons (Fsp3) is 0.222. The van der Waals surface area contributed by atoms with E-state index in [-0.39, 0.29) is 10.6 Å². The number of allylic oxidation sites excluding steroid dienone is 5. The summed E-state index contributed by atoms with van der Waals surface area (Å²) in [6.07, 6.45) is 5.65. The van der Waals surface area contributed by atoms with Gasteiger partial charge in [0, 0.05) is 12.0 Å². The zero-order chi connectivity index (χ0) is 9.84. The van der Waals surface area contributed by atoms with Crippen LogP contribution in [-0.4, -0.2) is 18.5 Å². The fourth-order valence-corrected chi connectivity index (χ4v) is 1.70. The maximum absolute atomic E-state index is 10.4. The predicted molar refractivity (Wildman–Crippen MR) is 54.0 cm³/mol. The molecule has 0 atom stereocenters. The number of hydrogen-bond donors (Lipinski definition) is 0. The van der Waals surface area contributed by atoms with Crippen LogP contribution < -0.4 is 0 Å². The van der Waals surface area contributed by atoms with E-state index in [0.717, 1.165) is 4.91 Å². The minimum Gasteiger partial charge on any atom is -0.285 e. The Kier molecular flexibility index (Phi) is 3.55. The third kappa shape index (κ3) is 2.13. The first-order valence-corrected chi connectivity index (χ1v) is 5.10. The molecule has 2 nitrogen and oxygen atoms in total. The Bertz CT molecular complexity index is 349. The van der Waals surface area contributed by atoms with Crippen molar-refractivity contribution in [1.29, 1.82) is 0 Å². The minimum atomic E-state index is 0.169. The molecule has 4 heteroatoms. The molecule has 67 valence electrons. The van der Waals surface area contributed by atoms with E-state index in [1.807, 2.05) is 6.26 Å². The molecule has 0 saturated carbocycles. The van der Waals surface area contributed by atoms with E-state index < -0.39 is 0 Å². The van der Waals surface area contributed by atoms with Crippen LogP contribution in [0.3, 0.4) is 0 Å². The summed E-state index contributed by atoms with van der Waals surface area (Å²) in [5.41, 5.74) is 0.558. The molecule has 0 unspecified atom stereocenters. The zero-order valence-corrected chi connectivity index (χ0v) is 8.46. The Labute approximate surface area is 85.3 Å². The molecule has 0 bridgehead atoms. The molecule has 13 heavy (non-hydrogen) atoms. The van der Waals surface area contributed by atoms with Crippen molar-refractivity contribution in [3.05, 3.63) is 27.2 Å².